The fraction of sp³-hybridized carbons (Fsp3) is 0.0909. The van der Waals surface area contributed by atoms with Gasteiger partial charge < -0.3 is 16.2 Å². The van der Waals surface area contributed by atoms with Crippen LogP contribution in [-0.4, -0.2) is 22.1 Å². The van der Waals surface area contributed by atoms with Crippen LogP contribution in [0.4, 0.5) is 11.4 Å². The fourth-order valence-electron chi connectivity index (χ4n) is 3.18. The third-order valence-electron chi connectivity index (χ3n) is 4.58. The van der Waals surface area contributed by atoms with Crippen molar-refractivity contribution in [3.8, 4) is 0 Å². The summed E-state index contributed by atoms with van der Waals surface area (Å²) in [6.07, 6.45) is 0.302. The molecule has 0 fully saturated rings. The minimum absolute atomic E-state index is 0.302. The summed E-state index contributed by atoms with van der Waals surface area (Å²) in [5.41, 5.74) is 10.3. The first-order valence-electron chi connectivity index (χ1n) is 8.73. The van der Waals surface area contributed by atoms with Gasteiger partial charge in [-0.1, -0.05) is 48.5 Å². The molecule has 0 saturated carbocycles. The summed E-state index contributed by atoms with van der Waals surface area (Å²) in [4.78, 5) is 15.7. The van der Waals surface area contributed by atoms with E-state index in [1.54, 1.807) is 0 Å². The number of carbonyl (C=O) groups is 1. The molecule has 4 N–H and O–H groups in total. The Hall–Kier alpha value is -3.44. The number of nitrogens with one attached hydrogen (secondary N) is 1. The van der Waals surface area contributed by atoms with Crippen LogP contribution in [0.2, 0.25) is 0 Å². The van der Waals surface area contributed by atoms with E-state index >= 15 is 0 Å². The third-order valence-corrected chi connectivity index (χ3v) is 4.58. The number of nitrogens with zero attached hydrogens (tertiary/aromatic N) is 1. The van der Waals surface area contributed by atoms with E-state index in [2.05, 4.69) is 17.4 Å². The molecule has 27 heavy (non-hydrogen) atoms. The van der Waals surface area contributed by atoms with E-state index in [-0.39, 0.29) is 0 Å². The van der Waals surface area contributed by atoms with Gasteiger partial charge in [0.25, 0.3) is 0 Å². The highest BCUT2D eigenvalue weighted by molar-refractivity contribution is 6.08. The Labute approximate surface area is 156 Å². The number of benzene rings is 3. The predicted molar refractivity (Wildman–Crippen MR) is 108 cm³/mol. The monoisotopic (exact) mass is 357 g/mol. The molecular formula is C22H19N3O2. The van der Waals surface area contributed by atoms with Gasteiger partial charge in [-0.2, -0.15) is 0 Å². The molecule has 1 unspecified atom stereocenters. The second-order valence-electron chi connectivity index (χ2n) is 6.49. The van der Waals surface area contributed by atoms with Crippen LogP contribution >= 0.6 is 0 Å². The Morgan fingerprint density at radius 2 is 1.48 bits per heavy atom. The minimum Gasteiger partial charge on any atom is -0.480 e. The zero-order valence-electron chi connectivity index (χ0n) is 14.6. The van der Waals surface area contributed by atoms with Crippen LogP contribution < -0.4 is 11.1 Å². The number of nitrogens with two attached hydrogens (primary N) is 1. The molecule has 4 aromatic rings. The molecule has 1 heterocycles. The van der Waals surface area contributed by atoms with Gasteiger partial charge in [0.15, 0.2) is 0 Å². The molecule has 1 atom stereocenters. The van der Waals surface area contributed by atoms with Crippen molar-refractivity contribution >= 4 is 39.1 Å². The quantitative estimate of drug-likeness (QED) is 0.468. The minimum atomic E-state index is -0.994. The number of carboxylic acids is 1. The average Bonchev–Trinajstić information content (AvgIpc) is 2.69. The Bertz CT molecular complexity index is 1070. The molecule has 0 radical (unpaired) electrons. The number of carboxylic acid groups (broad SMARTS) is 1. The highest BCUT2D eigenvalue weighted by Gasteiger charge is 2.12. The Morgan fingerprint density at radius 3 is 2.04 bits per heavy atom. The molecule has 0 aliphatic heterocycles. The maximum Gasteiger partial charge on any atom is 0.320 e. The molecule has 0 saturated heterocycles. The molecule has 0 spiro atoms. The van der Waals surface area contributed by atoms with Crippen molar-refractivity contribution < 1.29 is 9.90 Å². The first-order chi connectivity index (χ1) is 13.1. The molecule has 0 aliphatic rings. The normalized spacial score (nSPS) is 12.2. The maximum atomic E-state index is 10.9. The van der Waals surface area contributed by atoms with Gasteiger partial charge in [-0.3, -0.25) is 4.79 Å². The first-order valence-corrected chi connectivity index (χ1v) is 8.73. The van der Waals surface area contributed by atoms with Gasteiger partial charge in [-0.25, -0.2) is 4.98 Å². The number of aromatic nitrogens is 1. The lowest BCUT2D eigenvalue weighted by atomic mass is 10.1. The maximum absolute atomic E-state index is 10.9. The van der Waals surface area contributed by atoms with Crippen molar-refractivity contribution in [1.82, 2.24) is 4.98 Å². The molecule has 5 nitrogen and oxygen atoms in total. The smallest absolute Gasteiger partial charge is 0.320 e. The van der Waals surface area contributed by atoms with Crippen molar-refractivity contribution in [3.63, 3.8) is 0 Å². The summed E-state index contributed by atoms with van der Waals surface area (Å²) < 4.78 is 0. The fourth-order valence-corrected chi connectivity index (χ4v) is 3.18. The lowest BCUT2D eigenvalue weighted by molar-refractivity contribution is -0.138. The van der Waals surface area contributed by atoms with E-state index < -0.39 is 12.0 Å². The van der Waals surface area contributed by atoms with E-state index in [9.17, 15) is 4.79 Å². The second kappa shape index (κ2) is 7.05. The molecule has 4 rings (SSSR count). The van der Waals surface area contributed by atoms with Crippen LogP contribution in [0.15, 0.2) is 72.8 Å². The number of hydrogen-bond donors (Lipinski definition) is 3. The zero-order chi connectivity index (χ0) is 18.8. The van der Waals surface area contributed by atoms with Crippen LogP contribution in [0.1, 0.15) is 5.56 Å². The first kappa shape index (κ1) is 17.0. The van der Waals surface area contributed by atoms with Crippen LogP contribution in [0.5, 0.6) is 0 Å². The number of pyridine rings is 1. The van der Waals surface area contributed by atoms with Gasteiger partial charge >= 0.3 is 5.97 Å². The van der Waals surface area contributed by atoms with Crippen LogP contribution in [0.25, 0.3) is 21.8 Å². The number of para-hydroxylation sites is 2. The molecular weight excluding hydrogens is 338 g/mol. The Balaban J connectivity index is 1.71. The summed E-state index contributed by atoms with van der Waals surface area (Å²) in [5.74, 6) is -0.994. The molecule has 0 aliphatic carbocycles. The molecule has 0 bridgehead atoms. The summed E-state index contributed by atoms with van der Waals surface area (Å²) >= 11 is 0. The van der Waals surface area contributed by atoms with Crippen molar-refractivity contribution in [2.24, 2.45) is 5.73 Å². The van der Waals surface area contributed by atoms with Gasteiger partial charge in [0.2, 0.25) is 0 Å². The van der Waals surface area contributed by atoms with Crippen LogP contribution in [0.3, 0.4) is 0 Å². The number of fused-ring (bicyclic) bond motifs is 2. The summed E-state index contributed by atoms with van der Waals surface area (Å²) in [5, 5.41) is 14.6. The number of hydrogen-bond acceptors (Lipinski definition) is 4. The van der Waals surface area contributed by atoms with Crippen molar-refractivity contribution in [2.75, 3.05) is 5.32 Å². The predicted octanol–water partition coefficient (Wildman–Crippen LogP) is 4.09. The van der Waals surface area contributed by atoms with E-state index in [1.165, 1.54) is 0 Å². The molecule has 134 valence electrons. The summed E-state index contributed by atoms with van der Waals surface area (Å²) in [7, 11) is 0. The molecule has 3 aromatic carbocycles. The van der Waals surface area contributed by atoms with E-state index in [4.69, 9.17) is 15.8 Å². The Kier molecular flexibility index (Phi) is 4.44. The Morgan fingerprint density at radius 1 is 0.926 bits per heavy atom. The third kappa shape index (κ3) is 3.45. The molecule has 0 amide bonds. The topological polar surface area (TPSA) is 88.2 Å². The largest absolute Gasteiger partial charge is 0.480 e. The van der Waals surface area contributed by atoms with Crippen molar-refractivity contribution in [3.05, 3.63) is 78.4 Å². The van der Waals surface area contributed by atoms with Gasteiger partial charge in [-0.15, -0.1) is 0 Å². The van der Waals surface area contributed by atoms with Gasteiger partial charge in [-0.05, 0) is 36.2 Å². The van der Waals surface area contributed by atoms with Crippen molar-refractivity contribution in [2.45, 2.75) is 12.5 Å². The lowest BCUT2D eigenvalue weighted by Crippen LogP contribution is -2.32. The van der Waals surface area contributed by atoms with Gasteiger partial charge in [0.1, 0.15) is 6.04 Å². The average molecular weight is 357 g/mol. The van der Waals surface area contributed by atoms with Crippen molar-refractivity contribution in [1.29, 1.82) is 0 Å². The van der Waals surface area contributed by atoms with E-state index in [1.807, 2.05) is 60.7 Å². The highest BCUT2D eigenvalue weighted by atomic mass is 16.4. The number of aliphatic carboxylic acids is 1. The number of anilines is 2. The zero-order valence-corrected chi connectivity index (χ0v) is 14.6. The molecule has 1 aromatic heterocycles. The van der Waals surface area contributed by atoms with Crippen LogP contribution in [0, 0.1) is 0 Å². The number of rotatable bonds is 5. The van der Waals surface area contributed by atoms with Gasteiger partial charge in [0, 0.05) is 16.5 Å². The SMILES string of the molecule is NC(Cc1ccc(Nc2c3ccccc3nc3ccccc23)cc1)C(=O)O. The van der Waals surface area contributed by atoms with E-state index in [0.717, 1.165) is 38.7 Å². The van der Waals surface area contributed by atoms with E-state index in [0.29, 0.717) is 6.42 Å². The second-order valence-corrected chi connectivity index (χ2v) is 6.49. The summed E-state index contributed by atoms with van der Waals surface area (Å²) in [6.45, 7) is 0. The van der Waals surface area contributed by atoms with Crippen LogP contribution in [-0.2, 0) is 11.2 Å². The molecule has 5 heteroatoms. The lowest BCUT2D eigenvalue weighted by Gasteiger charge is -2.14. The summed E-state index contributed by atoms with van der Waals surface area (Å²) in [6, 6.07) is 22.9. The van der Waals surface area contributed by atoms with Gasteiger partial charge in [0.05, 0.1) is 16.7 Å². The highest BCUT2D eigenvalue weighted by Crippen LogP contribution is 2.32. The standard InChI is InChI=1S/C22H19N3O2/c23-18(22(26)27)13-14-9-11-15(12-10-14)24-21-16-5-1-3-7-19(16)25-20-8-4-2-6-17(20)21/h1-12,18H,13,23H2,(H,24,25)(H,26,27).